The Balaban J connectivity index is 2.11. The molecule has 1 aromatic rings. The molecule has 6 nitrogen and oxygen atoms in total. The molecule has 17 heavy (non-hydrogen) atoms. The lowest BCUT2D eigenvalue weighted by Gasteiger charge is -2.11. The molecule has 1 N–H and O–H groups in total. The Labute approximate surface area is 96.9 Å². The van der Waals surface area contributed by atoms with E-state index in [0.29, 0.717) is 0 Å². The van der Waals surface area contributed by atoms with Crippen molar-refractivity contribution < 1.29 is 19.5 Å². The molecule has 0 atom stereocenters. The third-order valence-corrected chi connectivity index (χ3v) is 2.50. The van der Waals surface area contributed by atoms with Crippen molar-refractivity contribution in [2.24, 2.45) is 0 Å². The Morgan fingerprint density at radius 1 is 1.35 bits per heavy atom. The van der Waals surface area contributed by atoms with Gasteiger partial charge >= 0.3 is 5.97 Å². The Morgan fingerprint density at radius 2 is 2.12 bits per heavy atom. The fourth-order valence-electron chi connectivity index (χ4n) is 1.71. The summed E-state index contributed by atoms with van der Waals surface area (Å²) in [6.07, 6.45) is 1.63. The summed E-state index contributed by atoms with van der Waals surface area (Å²) in [5.41, 5.74) is 0.431. The average molecular weight is 234 g/mol. The van der Waals surface area contributed by atoms with Crippen LogP contribution in [0.15, 0.2) is 18.3 Å². The number of carboxylic acid groups (broad SMARTS) is 1. The number of amides is 2. The van der Waals surface area contributed by atoms with Gasteiger partial charge in [-0.15, -0.1) is 0 Å². The van der Waals surface area contributed by atoms with Crippen molar-refractivity contribution in [2.75, 3.05) is 6.54 Å². The fraction of sp³-hybridized carbons (Fsp3) is 0.273. The number of carbonyl (C=O) groups excluding carboxylic acids is 2. The van der Waals surface area contributed by atoms with Gasteiger partial charge < -0.3 is 5.11 Å². The van der Waals surface area contributed by atoms with Gasteiger partial charge in [-0.1, -0.05) is 0 Å². The first-order valence-corrected chi connectivity index (χ1v) is 5.14. The number of carbonyl (C=O) groups is 3. The quantitative estimate of drug-likeness (QED) is 0.768. The zero-order valence-electron chi connectivity index (χ0n) is 8.92. The number of nitrogens with zero attached hydrogens (tertiary/aromatic N) is 2. The smallest absolute Gasteiger partial charge is 0.303 e. The Bertz CT molecular complexity index is 463. The van der Waals surface area contributed by atoms with Crippen molar-refractivity contribution in [1.29, 1.82) is 0 Å². The predicted octanol–water partition coefficient (Wildman–Crippen LogP) is 0.542. The molecule has 2 heterocycles. The van der Waals surface area contributed by atoms with Gasteiger partial charge in [-0.2, -0.15) is 0 Å². The molecular formula is C11H10N2O4. The summed E-state index contributed by atoms with van der Waals surface area (Å²) in [6.45, 7) is 0.111. The van der Waals surface area contributed by atoms with Crippen molar-refractivity contribution in [1.82, 2.24) is 9.88 Å². The third kappa shape index (κ3) is 2.01. The number of aliphatic carboxylic acids is 1. The van der Waals surface area contributed by atoms with Crippen molar-refractivity contribution >= 4 is 17.8 Å². The molecule has 2 rings (SSSR count). The number of hydrogen-bond donors (Lipinski definition) is 1. The van der Waals surface area contributed by atoms with Crippen LogP contribution in [0.1, 0.15) is 33.7 Å². The van der Waals surface area contributed by atoms with E-state index in [2.05, 4.69) is 4.98 Å². The summed E-state index contributed by atoms with van der Waals surface area (Å²) in [6, 6.07) is 3.13. The maximum atomic E-state index is 11.8. The molecule has 1 aliphatic heterocycles. The second kappa shape index (κ2) is 4.32. The van der Waals surface area contributed by atoms with Crippen molar-refractivity contribution in [3.63, 3.8) is 0 Å². The molecule has 0 spiro atoms. The van der Waals surface area contributed by atoms with E-state index < -0.39 is 17.8 Å². The van der Waals surface area contributed by atoms with Crippen molar-refractivity contribution in [2.45, 2.75) is 12.8 Å². The first-order chi connectivity index (χ1) is 8.11. The van der Waals surface area contributed by atoms with Crippen LogP contribution in [0.5, 0.6) is 0 Å². The first-order valence-electron chi connectivity index (χ1n) is 5.14. The van der Waals surface area contributed by atoms with Gasteiger partial charge in [-0.05, 0) is 18.6 Å². The van der Waals surface area contributed by atoms with Gasteiger partial charge in [0, 0.05) is 19.2 Å². The molecule has 0 aromatic carbocycles. The molecule has 0 unspecified atom stereocenters. The highest BCUT2D eigenvalue weighted by molar-refractivity contribution is 6.20. The SMILES string of the molecule is O=C(O)CCCN1C(=O)c2cccnc2C1=O. The van der Waals surface area contributed by atoms with Gasteiger partial charge in [0.05, 0.1) is 5.56 Å². The summed E-state index contributed by atoms with van der Waals surface area (Å²) in [5.74, 6) is -1.79. The molecule has 0 saturated carbocycles. The van der Waals surface area contributed by atoms with Crippen LogP contribution in [-0.4, -0.2) is 39.3 Å². The van der Waals surface area contributed by atoms with Crippen molar-refractivity contribution in [3.05, 3.63) is 29.6 Å². The standard InChI is InChI=1S/C11H10N2O4/c14-8(15)4-2-6-13-10(16)7-3-1-5-12-9(7)11(13)17/h1,3,5H,2,4,6H2,(H,14,15). The number of carboxylic acids is 1. The van der Waals surface area contributed by atoms with Gasteiger partial charge in [0.2, 0.25) is 0 Å². The fourth-order valence-corrected chi connectivity index (χ4v) is 1.71. The highest BCUT2D eigenvalue weighted by Crippen LogP contribution is 2.20. The van der Waals surface area contributed by atoms with Crippen molar-refractivity contribution in [3.8, 4) is 0 Å². The molecule has 2 amide bonds. The van der Waals surface area contributed by atoms with Gasteiger partial charge in [-0.25, -0.2) is 0 Å². The lowest BCUT2D eigenvalue weighted by molar-refractivity contribution is -0.137. The molecule has 88 valence electrons. The van der Waals surface area contributed by atoms with Crippen LogP contribution in [0.25, 0.3) is 0 Å². The van der Waals surface area contributed by atoms with Crippen LogP contribution in [0.2, 0.25) is 0 Å². The molecular weight excluding hydrogens is 224 g/mol. The molecule has 0 fully saturated rings. The van der Waals surface area contributed by atoms with E-state index in [0.717, 1.165) is 4.90 Å². The second-order valence-corrected chi connectivity index (χ2v) is 3.66. The van der Waals surface area contributed by atoms with E-state index >= 15 is 0 Å². The minimum atomic E-state index is -0.945. The minimum absolute atomic E-state index is 0.0686. The molecule has 1 aromatic heterocycles. The highest BCUT2D eigenvalue weighted by Gasteiger charge is 2.35. The third-order valence-electron chi connectivity index (χ3n) is 2.50. The van der Waals surface area contributed by atoms with Crippen LogP contribution in [0.4, 0.5) is 0 Å². The van der Waals surface area contributed by atoms with E-state index in [1.165, 1.54) is 6.20 Å². The van der Waals surface area contributed by atoms with Gasteiger partial charge in [0.15, 0.2) is 0 Å². The lowest BCUT2D eigenvalue weighted by atomic mass is 10.2. The van der Waals surface area contributed by atoms with E-state index in [4.69, 9.17) is 5.11 Å². The Hall–Kier alpha value is -2.24. The van der Waals surface area contributed by atoms with E-state index in [-0.39, 0.29) is 30.6 Å². The lowest BCUT2D eigenvalue weighted by Crippen LogP contribution is -2.31. The summed E-state index contributed by atoms with van der Waals surface area (Å²) in [5, 5.41) is 8.49. The summed E-state index contributed by atoms with van der Waals surface area (Å²) < 4.78 is 0. The maximum Gasteiger partial charge on any atom is 0.303 e. The number of imide groups is 1. The highest BCUT2D eigenvalue weighted by atomic mass is 16.4. The topological polar surface area (TPSA) is 87.6 Å². The van der Waals surface area contributed by atoms with Crippen LogP contribution < -0.4 is 0 Å². The number of aromatic nitrogens is 1. The first kappa shape index (κ1) is 11.3. The van der Waals surface area contributed by atoms with Gasteiger partial charge in [-0.3, -0.25) is 24.3 Å². The maximum absolute atomic E-state index is 11.8. The molecule has 1 aliphatic rings. The van der Waals surface area contributed by atoms with E-state index in [9.17, 15) is 14.4 Å². The second-order valence-electron chi connectivity index (χ2n) is 3.66. The number of fused-ring (bicyclic) bond motifs is 1. The summed E-state index contributed by atoms with van der Waals surface area (Å²) in [4.78, 5) is 38.8. The van der Waals surface area contributed by atoms with Crippen LogP contribution in [0.3, 0.4) is 0 Å². The largest absolute Gasteiger partial charge is 0.481 e. The van der Waals surface area contributed by atoms with E-state index in [1.54, 1.807) is 12.1 Å². The van der Waals surface area contributed by atoms with Crippen LogP contribution in [0, 0.1) is 0 Å². The normalized spacial score (nSPS) is 14.0. The predicted molar refractivity (Wildman–Crippen MR) is 56.5 cm³/mol. The number of hydrogen-bond acceptors (Lipinski definition) is 4. The molecule has 0 radical (unpaired) electrons. The van der Waals surface area contributed by atoms with E-state index in [1.807, 2.05) is 0 Å². The monoisotopic (exact) mass is 234 g/mol. The average Bonchev–Trinajstić information content (AvgIpc) is 2.54. The van der Waals surface area contributed by atoms with Crippen LogP contribution in [-0.2, 0) is 4.79 Å². The zero-order chi connectivity index (χ0) is 12.4. The number of rotatable bonds is 4. The van der Waals surface area contributed by atoms with Gasteiger partial charge in [0.25, 0.3) is 11.8 Å². The molecule has 6 heteroatoms. The minimum Gasteiger partial charge on any atom is -0.481 e. The Kier molecular flexibility index (Phi) is 2.86. The van der Waals surface area contributed by atoms with Gasteiger partial charge in [0.1, 0.15) is 5.69 Å². The Morgan fingerprint density at radius 3 is 2.76 bits per heavy atom. The molecule has 0 saturated heterocycles. The molecule has 0 bridgehead atoms. The molecule has 0 aliphatic carbocycles. The summed E-state index contributed by atoms with van der Waals surface area (Å²) in [7, 11) is 0. The zero-order valence-corrected chi connectivity index (χ0v) is 8.92. The number of pyridine rings is 1. The summed E-state index contributed by atoms with van der Waals surface area (Å²) >= 11 is 0. The van der Waals surface area contributed by atoms with Crippen LogP contribution >= 0.6 is 0 Å².